The largest absolute Gasteiger partial charge is 0.312 e. The highest BCUT2D eigenvalue weighted by atomic mass is 32.1. The SMILES string of the molecule is CCNCc1cnc(-c2ncc(C)cn2)s1. The number of nitrogens with one attached hydrogen (secondary N) is 1. The van der Waals surface area contributed by atoms with E-state index in [9.17, 15) is 0 Å². The normalized spacial score (nSPS) is 10.6. The fraction of sp³-hybridized carbons (Fsp3) is 0.364. The van der Waals surface area contributed by atoms with E-state index in [0.717, 1.165) is 23.7 Å². The lowest BCUT2D eigenvalue weighted by molar-refractivity contribution is 0.734. The average Bonchev–Trinajstić information content (AvgIpc) is 2.76. The zero-order valence-electron chi connectivity index (χ0n) is 9.40. The fourth-order valence-electron chi connectivity index (χ4n) is 1.24. The summed E-state index contributed by atoms with van der Waals surface area (Å²) in [6.45, 7) is 5.89. The standard InChI is InChI=1S/C11H14N4S/c1-3-12-6-9-7-15-11(16-9)10-13-4-8(2)5-14-10/h4-5,7,12H,3,6H2,1-2H3. The van der Waals surface area contributed by atoms with Gasteiger partial charge in [-0.1, -0.05) is 6.92 Å². The summed E-state index contributed by atoms with van der Waals surface area (Å²) in [7, 11) is 0. The van der Waals surface area contributed by atoms with Crippen molar-refractivity contribution < 1.29 is 0 Å². The number of aryl methyl sites for hydroxylation is 1. The third kappa shape index (κ3) is 2.62. The molecule has 0 aliphatic carbocycles. The van der Waals surface area contributed by atoms with Crippen molar-refractivity contribution in [2.75, 3.05) is 6.54 Å². The Labute approximate surface area is 98.8 Å². The van der Waals surface area contributed by atoms with E-state index >= 15 is 0 Å². The van der Waals surface area contributed by atoms with Crippen LogP contribution in [0.1, 0.15) is 17.4 Å². The third-order valence-corrected chi connectivity index (χ3v) is 3.07. The number of aromatic nitrogens is 3. The van der Waals surface area contributed by atoms with Gasteiger partial charge in [0, 0.05) is 30.0 Å². The van der Waals surface area contributed by atoms with Gasteiger partial charge < -0.3 is 5.32 Å². The minimum Gasteiger partial charge on any atom is -0.312 e. The van der Waals surface area contributed by atoms with Crippen molar-refractivity contribution in [3.63, 3.8) is 0 Å². The summed E-state index contributed by atoms with van der Waals surface area (Å²) >= 11 is 1.63. The molecule has 2 aromatic heterocycles. The first-order chi connectivity index (χ1) is 7.79. The Kier molecular flexibility index (Phi) is 3.58. The molecule has 0 radical (unpaired) electrons. The van der Waals surface area contributed by atoms with Crippen molar-refractivity contribution in [3.8, 4) is 10.8 Å². The van der Waals surface area contributed by atoms with Gasteiger partial charge in [0.15, 0.2) is 10.8 Å². The van der Waals surface area contributed by atoms with Crippen LogP contribution in [0.5, 0.6) is 0 Å². The van der Waals surface area contributed by atoms with Crippen LogP contribution >= 0.6 is 11.3 Å². The van der Waals surface area contributed by atoms with Gasteiger partial charge in [0.1, 0.15) is 0 Å². The Hall–Kier alpha value is -1.33. The Bertz CT molecular complexity index is 449. The monoisotopic (exact) mass is 234 g/mol. The minimum absolute atomic E-state index is 0.707. The highest BCUT2D eigenvalue weighted by molar-refractivity contribution is 7.14. The summed E-state index contributed by atoms with van der Waals surface area (Å²) in [6, 6.07) is 0. The van der Waals surface area contributed by atoms with Gasteiger partial charge in [-0.25, -0.2) is 15.0 Å². The molecule has 2 rings (SSSR count). The van der Waals surface area contributed by atoms with Crippen LogP contribution in [-0.4, -0.2) is 21.5 Å². The van der Waals surface area contributed by atoms with Crippen molar-refractivity contribution in [1.82, 2.24) is 20.3 Å². The summed E-state index contributed by atoms with van der Waals surface area (Å²) in [4.78, 5) is 14.0. The highest BCUT2D eigenvalue weighted by Crippen LogP contribution is 2.21. The molecule has 0 aromatic carbocycles. The van der Waals surface area contributed by atoms with E-state index in [4.69, 9.17) is 0 Å². The maximum absolute atomic E-state index is 4.32. The number of thiazole rings is 1. The second kappa shape index (κ2) is 5.14. The minimum atomic E-state index is 0.707. The lowest BCUT2D eigenvalue weighted by atomic mass is 10.4. The zero-order chi connectivity index (χ0) is 11.4. The molecule has 0 atom stereocenters. The molecular formula is C11H14N4S. The molecule has 0 amide bonds. The van der Waals surface area contributed by atoms with Crippen LogP contribution in [0.3, 0.4) is 0 Å². The average molecular weight is 234 g/mol. The zero-order valence-corrected chi connectivity index (χ0v) is 10.2. The molecule has 2 aromatic rings. The lowest BCUT2D eigenvalue weighted by Gasteiger charge is -1.96. The number of rotatable bonds is 4. The number of hydrogen-bond donors (Lipinski definition) is 1. The van der Waals surface area contributed by atoms with Crippen LogP contribution in [0, 0.1) is 6.92 Å². The summed E-state index contributed by atoms with van der Waals surface area (Å²) in [5.41, 5.74) is 1.06. The van der Waals surface area contributed by atoms with E-state index in [1.807, 2.05) is 25.5 Å². The Morgan fingerprint density at radius 3 is 2.62 bits per heavy atom. The molecule has 0 aliphatic heterocycles. The molecular weight excluding hydrogens is 220 g/mol. The Morgan fingerprint density at radius 1 is 1.19 bits per heavy atom. The van der Waals surface area contributed by atoms with E-state index in [2.05, 4.69) is 27.2 Å². The van der Waals surface area contributed by atoms with Crippen LogP contribution in [0.25, 0.3) is 10.8 Å². The molecule has 1 N–H and O–H groups in total. The maximum Gasteiger partial charge on any atom is 0.188 e. The summed E-state index contributed by atoms with van der Waals surface area (Å²) in [5.74, 6) is 0.707. The first-order valence-electron chi connectivity index (χ1n) is 5.24. The van der Waals surface area contributed by atoms with Crippen molar-refractivity contribution in [3.05, 3.63) is 29.0 Å². The molecule has 4 nitrogen and oxygen atoms in total. The number of nitrogens with zero attached hydrogens (tertiary/aromatic N) is 3. The first-order valence-corrected chi connectivity index (χ1v) is 6.05. The molecule has 0 unspecified atom stereocenters. The Balaban J connectivity index is 2.15. The molecule has 84 valence electrons. The van der Waals surface area contributed by atoms with Crippen molar-refractivity contribution in [2.45, 2.75) is 20.4 Å². The quantitative estimate of drug-likeness (QED) is 0.879. The lowest BCUT2D eigenvalue weighted by Crippen LogP contribution is -2.10. The molecule has 0 saturated carbocycles. The Morgan fingerprint density at radius 2 is 1.94 bits per heavy atom. The second-order valence-electron chi connectivity index (χ2n) is 3.50. The van der Waals surface area contributed by atoms with E-state index in [1.54, 1.807) is 11.3 Å². The second-order valence-corrected chi connectivity index (χ2v) is 4.61. The van der Waals surface area contributed by atoms with Gasteiger partial charge in [0.2, 0.25) is 0 Å². The van der Waals surface area contributed by atoms with Gasteiger partial charge >= 0.3 is 0 Å². The molecule has 0 aliphatic rings. The van der Waals surface area contributed by atoms with Crippen molar-refractivity contribution >= 4 is 11.3 Å². The van der Waals surface area contributed by atoms with Crippen LogP contribution < -0.4 is 5.32 Å². The van der Waals surface area contributed by atoms with Gasteiger partial charge in [-0.3, -0.25) is 0 Å². The summed E-state index contributed by atoms with van der Waals surface area (Å²) in [5, 5.41) is 4.15. The van der Waals surface area contributed by atoms with E-state index in [-0.39, 0.29) is 0 Å². The van der Waals surface area contributed by atoms with E-state index in [0.29, 0.717) is 5.82 Å². The molecule has 2 heterocycles. The van der Waals surface area contributed by atoms with Crippen LogP contribution in [0.15, 0.2) is 18.6 Å². The fourth-order valence-corrected chi connectivity index (χ4v) is 2.07. The van der Waals surface area contributed by atoms with E-state index < -0.39 is 0 Å². The molecule has 0 spiro atoms. The smallest absolute Gasteiger partial charge is 0.188 e. The van der Waals surface area contributed by atoms with Crippen molar-refractivity contribution in [1.29, 1.82) is 0 Å². The predicted molar refractivity (Wildman–Crippen MR) is 65.3 cm³/mol. The van der Waals surface area contributed by atoms with E-state index in [1.165, 1.54) is 4.88 Å². The third-order valence-electron chi connectivity index (χ3n) is 2.08. The summed E-state index contributed by atoms with van der Waals surface area (Å²) in [6.07, 6.45) is 5.51. The molecule has 5 heteroatoms. The number of hydrogen-bond acceptors (Lipinski definition) is 5. The van der Waals surface area contributed by atoms with Gasteiger partial charge in [0.25, 0.3) is 0 Å². The first kappa shape index (κ1) is 11.2. The molecule has 0 saturated heterocycles. The van der Waals surface area contributed by atoms with Gasteiger partial charge in [-0.2, -0.15) is 0 Å². The van der Waals surface area contributed by atoms with Gasteiger partial charge in [-0.15, -0.1) is 11.3 Å². The highest BCUT2D eigenvalue weighted by Gasteiger charge is 2.06. The van der Waals surface area contributed by atoms with Crippen LogP contribution in [-0.2, 0) is 6.54 Å². The predicted octanol–water partition coefficient (Wildman–Crippen LogP) is 2.02. The molecule has 0 bridgehead atoms. The van der Waals surface area contributed by atoms with Crippen molar-refractivity contribution in [2.24, 2.45) is 0 Å². The van der Waals surface area contributed by atoms with Crippen LogP contribution in [0.2, 0.25) is 0 Å². The van der Waals surface area contributed by atoms with Gasteiger partial charge in [0.05, 0.1) is 0 Å². The van der Waals surface area contributed by atoms with Crippen LogP contribution in [0.4, 0.5) is 0 Å². The topological polar surface area (TPSA) is 50.7 Å². The molecule has 16 heavy (non-hydrogen) atoms. The maximum atomic E-state index is 4.32. The van der Waals surface area contributed by atoms with Gasteiger partial charge in [-0.05, 0) is 19.0 Å². The summed E-state index contributed by atoms with van der Waals surface area (Å²) < 4.78 is 0. The molecule has 0 fully saturated rings.